The zero-order valence-electron chi connectivity index (χ0n) is 12.0. The van der Waals surface area contributed by atoms with Gasteiger partial charge in [0.15, 0.2) is 0 Å². The van der Waals surface area contributed by atoms with E-state index in [0.29, 0.717) is 0 Å². The predicted octanol–water partition coefficient (Wildman–Crippen LogP) is -1.38. The van der Waals surface area contributed by atoms with Gasteiger partial charge in [-0.2, -0.15) is 0 Å². The van der Waals surface area contributed by atoms with Crippen molar-refractivity contribution in [2.75, 3.05) is 33.9 Å². The van der Waals surface area contributed by atoms with Crippen molar-refractivity contribution in [1.82, 2.24) is 15.5 Å². The summed E-state index contributed by atoms with van der Waals surface area (Å²) in [5, 5.41) is 4.72. The van der Waals surface area contributed by atoms with Crippen LogP contribution in [0.5, 0.6) is 0 Å². The maximum Gasteiger partial charge on any atom is 0.321 e. The van der Waals surface area contributed by atoms with Gasteiger partial charge in [-0.15, -0.1) is 0 Å². The Morgan fingerprint density at radius 1 is 1.00 bits per heavy atom. The Kier molecular flexibility index (Phi) is 6.60. The number of imide groups is 1. The number of amides is 3. The number of hydrogen-bond donors (Lipinski definition) is 2. The average molecular weight is 301 g/mol. The number of carbonyl (C=O) groups excluding carboxylic acids is 4. The van der Waals surface area contributed by atoms with E-state index in [-0.39, 0.29) is 25.7 Å². The normalized spacial score (nSPS) is 13.5. The van der Waals surface area contributed by atoms with E-state index in [2.05, 4.69) is 20.1 Å². The smallest absolute Gasteiger partial charge is 0.321 e. The molecule has 1 fully saturated rings. The van der Waals surface area contributed by atoms with Crippen molar-refractivity contribution in [2.45, 2.75) is 18.9 Å². The summed E-state index contributed by atoms with van der Waals surface area (Å²) in [6.07, 6.45) is 1.80. The number of hydrogen-bond acceptors (Lipinski definition) is 7. The highest BCUT2D eigenvalue weighted by Gasteiger charge is 2.25. The summed E-state index contributed by atoms with van der Waals surface area (Å²) in [5.41, 5.74) is 0. The molecule has 3 amide bonds. The third-order valence-corrected chi connectivity index (χ3v) is 2.69. The molecule has 0 aromatic heterocycles. The molecule has 0 aromatic carbocycles. The molecular weight excluding hydrogens is 282 g/mol. The lowest BCUT2D eigenvalue weighted by atomic mass is 10.4. The molecule has 1 rings (SSSR count). The van der Waals surface area contributed by atoms with Crippen LogP contribution in [0.15, 0.2) is 0 Å². The largest absolute Gasteiger partial charge is 0.468 e. The number of methoxy groups -OCH3 is 2. The molecule has 9 heteroatoms. The summed E-state index contributed by atoms with van der Waals surface area (Å²) >= 11 is 0. The highest BCUT2D eigenvalue weighted by molar-refractivity contribution is 5.95. The minimum Gasteiger partial charge on any atom is -0.468 e. The van der Waals surface area contributed by atoms with E-state index in [0.717, 1.165) is 12.8 Å². The van der Waals surface area contributed by atoms with E-state index in [9.17, 15) is 19.2 Å². The SMILES string of the molecule is COC(=O)CN(CC(=O)NC(=O)NC1CC1)CC(=O)OC. The lowest BCUT2D eigenvalue weighted by Crippen LogP contribution is -2.47. The highest BCUT2D eigenvalue weighted by Crippen LogP contribution is 2.18. The zero-order valence-corrected chi connectivity index (χ0v) is 12.0. The zero-order chi connectivity index (χ0) is 15.8. The van der Waals surface area contributed by atoms with E-state index in [4.69, 9.17) is 0 Å². The molecule has 1 aliphatic rings. The average Bonchev–Trinajstić information content (AvgIpc) is 3.21. The van der Waals surface area contributed by atoms with Crippen LogP contribution in [0.3, 0.4) is 0 Å². The van der Waals surface area contributed by atoms with Gasteiger partial charge in [0.1, 0.15) is 0 Å². The Hall–Kier alpha value is -2.16. The molecule has 0 aliphatic heterocycles. The molecule has 0 saturated heterocycles. The summed E-state index contributed by atoms with van der Waals surface area (Å²) in [6, 6.07) is -0.461. The molecule has 1 saturated carbocycles. The number of ether oxygens (including phenoxy) is 2. The van der Waals surface area contributed by atoms with Gasteiger partial charge in [-0.05, 0) is 12.8 Å². The van der Waals surface area contributed by atoms with Gasteiger partial charge in [0.05, 0.1) is 33.9 Å². The lowest BCUT2D eigenvalue weighted by Gasteiger charge is -2.18. The number of esters is 2. The van der Waals surface area contributed by atoms with Crippen molar-refractivity contribution >= 4 is 23.9 Å². The number of nitrogens with zero attached hydrogens (tertiary/aromatic N) is 1. The monoisotopic (exact) mass is 301 g/mol. The van der Waals surface area contributed by atoms with Gasteiger partial charge in [-0.25, -0.2) is 4.79 Å². The summed E-state index contributed by atoms with van der Waals surface area (Å²) in [4.78, 5) is 46.7. The second kappa shape index (κ2) is 8.20. The maximum absolute atomic E-state index is 11.7. The van der Waals surface area contributed by atoms with E-state index < -0.39 is 23.9 Å². The molecule has 21 heavy (non-hydrogen) atoms. The molecule has 0 heterocycles. The first-order valence-corrected chi connectivity index (χ1v) is 6.41. The fraction of sp³-hybridized carbons (Fsp3) is 0.667. The molecule has 2 N–H and O–H groups in total. The standard InChI is InChI=1S/C12H19N3O6/c1-20-10(17)6-15(7-11(18)21-2)5-9(16)14-12(19)13-8-3-4-8/h8H,3-7H2,1-2H3,(H2,13,14,16,19). The van der Waals surface area contributed by atoms with Crippen LogP contribution in [0.1, 0.15) is 12.8 Å². The molecule has 0 radical (unpaired) electrons. The van der Waals surface area contributed by atoms with E-state index in [1.54, 1.807) is 0 Å². The first kappa shape index (κ1) is 16.9. The second-order valence-electron chi connectivity index (χ2n) is 4.59. The van der Waals surface area contributed by atoms with Crippen molar-refractivity contribution in [2.24, 2.45) is 0 Å². The van der Waals surface area contributed by atoms with Crippen LogP contribution in [0.2, 0.25) is 0 Å². The van der Waals surface area contributed by atoms with Crippen molar-refractivity contribution in [3.05, 3.63) is 0 Å². The summed E-state index contributed by atoms with van der Waals surface area (Å²) < 4.78 is 8.95. The van der Waals surface area contributed by atoms with Crippen LogP contribution >= 0.6 is 0 Å². The van der Waals surface area contributed by atoms with Gasteiger partial charge in [-0.3, -0.25) is 24.6 Å². The Labute approximate surface area is 121 Å². The first-order valence-electron chi connectivity index (χ1n) is 6.41. The molecule has 9 nitrogen and oxygen atoms in total. The summed E-state index contributed by atoms with van der Waals surface area (Å²) in [5.74, 6) is -1.83. The van der Waals surface area contributed by atoms with Crippen LogP contribution in [0, 0.1) is 0 Å². The molecule has 0 spiro atoms. The highest BCUT2D eigenvalue weighted by atomic mass is 16.5. The third-order valence-electron chi connectivity index (χ3n) is 2.69. The molecule has 1 aliphatic carbocycles. The van der Waals surface area contributed by atoms with Crippen molar-refractivity contribution < 1.29 is 28.7 Å². The first-order chi connectivity index (χ1) is 9.94. The fourth-order valence-electron chi connectivity index (χ4n) is 1.48. The fourth-order valence-corrected chi connectivity index (χ4v) is 1.48. The minimum atomic E-state index is -0.624. The van der Waals surface area contributed by atoms with Gasteiger partial charge in [0.25, 0.3) is 0 Å². The summed E-state index contributed by atoms with van der Waals surface area (Å²) in [6.45, 7) is -0.825. The Balaban J connectivity index is 2.44. The van der Waals surface area contributed by atoms with Crippen LogP contribution in [-0.4, -0.2) is 68.7 Å². The van der Waals surface area contributed by atoms with Crippen molar-refractivity contribution in [3.8, 4) is 0 Å². The molecule has 0 unspecified atom stereocenters. The number of urea groups is 1. The predicted molar refractivity (Wildman–Crippen MR) is 70.2 cm³/mol. The van der Waals surface area contributed by atoms with E-state index in [1.807, 2.05) is 0 Å². The second-order valence-corrected chi connectivity index (χ2v) is 4.59. The van der Waals surface area contributed by atoms with E-state index >= 15 is 0 Å². The van der Waals surface area contributed by atoms with Crippen LogP contribution in [0.25, 0.3) is 0 Å². The van der Waals surface area contributed by atoms with Crippen molar-refractivity contribution in [3.63, 3.8) is 0 Å². The molecule has 0 atom stereocenters. The quantitative estimate of drug-likeness (QED) is 0.557. The van der Waals surface area contributed by atoms with Gasteiger partial charge >= 0.3 is 18.0 Å². The van der Waals surface area contributed by atoms with Gasteiger partial charge in [-0.1, -0.05) is 0 Å². The Morgan fingerprint density at radius 3 is 1.95 bits per heavy atom. The number of nitrogens with one attached hydrogen (secondary N) is 2. The molecule has 0 bridgehead atoms. The Morgan fingerprint density at radius 2 is 1.52 bits per heavy atom. The topological polar surface area (TPSA) is 114 Å². The summed E-state index contributed by atoms with van der Waals surface area (Å²) in [7, 11) is 2.39. The van der Waals surface area contributed by atoms with Crippen LogP contribution < -0.4 is 10.6 Å². The van der Waals surface area contributed by atoms with Crippen LogP contribution in [-0.2, 0) is 23.9 Å². The number of rotatable bonds is 7. The molecule has 118 valence electrons. The minimum absolute atomic E-state index is 0.124. The molecule has 0 aromatic rings. The van der Waals surface area contributed by atoms with Gasteiger partial charge in [0, 0.05) is 6.04 Å². The Bertz CT molecular complexity index is 403. The van der Waals surface area contributed by atoms with E-state index in [1.165, 1.54) is 19.1 Å². The van der Waals surface area contributed by atoms with Gasteiger partial charge < -0.3 is 14.8 Å². The number of carbonyl (C=O) groups is 4. The maximum atomic E-state index is 11.7. The van der Waals surface area contributed by atoms with Crippen LogP contribution in [0.4, 0.5) is 4.79 Å². The van der Waals surface area contributed by atoms with Gasteiger partial charge in [0.2, 0.25) is 5.91 Å². The third kappa shape index (κ3) is 7.25. The molecular formula is C12H19N3O6. The van der Waals surface area contributed by atoms with Crippen molar-refractivity contribution in [1.29, 1.82) is 0 Å². The lowest BCUT2D eigenvalue weighted by molar-refractivity contribution is -0.145.